The number of benzene rings is 2. The van der Waals surface area contributed by atoms with Gasteiger partial charge >= 0.3 is 0 Å². The van der Waals surface area contributed by atoms with E-state index in [-0.39, 0.29) is 18.4 Å². The van der Waals surface area contributed by atoms with E-state index in [2.05, 4.69) is 10.3 Å². The van der Waals surface area contributed by atoms with Crippen LogP contribution >= 0.6 is 0 Å². The average molecular weight is 349 g/mol. The van der Waals surface area contributed by atoms with Gasteiger partial charge in [-0.1, -0.05) is 43.3 Å². The summed E-state index contributed by atoms with van der Waals surface area (Å²) in [6.45, 7) is 4.48. The first kappa shape index (κ1) is 17.7. The van der Waals surface area contributed by atoms with Gasteiger partial charge in [-0.05, 0) is 37.1 Å². The van der Waals surface area contributed by atoms with Gasteiger partial charge in [-0.25, -0.2) is 0 Å². The number of para-hydroxylation sites is 2. The number of hydrogen-bond donors (Lipinski definition) is 2. The van der Waals surface area contributed by atoms with Crippen LogP contribution in [0.5, 0.6) is 0 Å². The predicted molar refractivity (Wildman–Crippen MR) is 104 cm³/mol. The Morgan fingerprint density at radius 1 is 1.08 bits per heavy atom. The number of hydrogen-bond acceptors (Lipinski definition) is 2. The van der Waals surface area contributed by atoms with Gasteiger partial charge in [0.05, 0.1) is 0 Å². The number of aryl methyl sites for hydroxylation is 1. The minimum atomic E-state index is -0.197. The van der Waals surface area contributed by atoms with Gasteiger partial charge in [-0.3, -0.25) is 9.59 Å². The zero-order chi connectivity index (χ0) is 18.5. The number of aromatic nitrogens is 1. The van der Waals surface area contributed by atoms with Crippen molar-refractivity contribution in [2.75, 3.05) is 18.4 Å². The number of fused-ring (bicyclic) bond motifs is 1. The number of H-pyrrole nitrogens is 1. The van der Waals surface area contributed by atoms with Gasteiger partial charge in [-0.2, -0.15) is 0 Å². The lowest BCUT2D eigenvalue weighted by molar-refractivity contribution is -0.116. The van der Waals surface area contributed by atoms with Crippen molar-refractivity contribution < 1.29 is 9.59 Å². The number of rotatable bonds is 6. The topological polar surface area (TPSA) is 65.2 Å². The highest BCUT2D eigenvalue weighted by Crippen LogP contribution is 2.17. The van der Waals surface area contributed by atoms with Crippen molar-refractivity contribution in [2.24, 2.45) is 0 Å². The third-order valence-corrected chi connectivity index (χ3v) is 4.29. The van der Waals surface area contributed by atoms with Crippen molar-refractivity contribution in [3.63, 3.8) is 0 Å². The van der Waals surface area contributed by atoms with Crippen molar-refractivity contribution in [1.82, 2.24) is 9.88 Å². The minimum absolute atomic E-state index is 0.0242. The first-order valence-electron chi connectivity index (χ1n) is 8.81. The molecule has 0 saturated heterocycles. The molecule has 0 aliphatic heterocycles. The maximum Gasteiger partial charge on any atom is 0.270 e. The zero-order valence-electron chi connectivity index (χ0n) is 15.1. The van der Waals surface area contributed by atoms with Crippen LogP contribution in [0.25, 0.3) is 10.9 Å². The van der Waals surface area contributed by atoms with Gasteiger partial charge in [0.15, 0.2) is 0 Å². The standard InChI is InChI=1S/C21H23N3O2/c1-3-12-24(14-20(25)23-17-10-6-4-8-15(17)2)21(26)19-13-16-9-5-7-11-18(16)22-19/h4-11,13,22H,3,12,14H2,1-2H3,(H,23,25). The molecule has 0 aliphatic carbocycles. The number of nitrogens with zero attached hydrogens (tertiary/aromatic N) is 1. The predicted octanol–water partition coefficient (Wildman–Crippen LogP) is 3.97. The van der Waals surface area contributed by atoms with Gasteiger partial charge in [0, 0.05) is 23.1 Å². The van der Waals surface area contributed by atoms with E-state index in [1.807, 2.05) is 68.4 Å². The van der Waals surface area contributed by atoms with E-state index in [0.717, 1.165) is 28.6 Å². The molecule has 5 heteroatoms. The largest absolute Gasteiger partial charge is 0.351 e. The second-order valence-electron chi connectivity index (χ2n) is 6.36. The highest BCUT2D eigenvalue weighted by atomic mass is 16.2. The van der Waals surface area contributed by atoms with Crippen LogP contribution in [0.15, 0.2) is 54.6 Å². The van der Waals surface area contributed by atoms with Gasteiger partial charge in [0.1, 0.15) is 12.2 Å². The van der Waals surface area contributed by atoms with Crippen LogP contribution in [-0.4, -0.2) is 34.8 Å². The average Bonchev–Trinajstić information content (AvgIpc) is 3.07. The fraction of sp³-hybridized carbons (Fsp3) is 0.238. The molecule has 2 N–H and O–H groups in total. The number of carbonyl (C=O) groups is 2. The third kappa shape index (κ3) is 3.94. The van der Waals surface area contributed by atoms with Crippen molar-refractivity contribution in [3.8, 4) is 0 Å². The molecule has 2 amide bonds. The van der Waals surface area contributed by atoms with Crippen LogP contribution in [-0.2, 0) is 4.79 Å². The summed E-state index contributed by atoms with van der Waals surface area (Å²) < 4.78 is 0. The molecule has 0 aliphatic rings. The van der Waals surface area contributed by atoms with Crippen LogP contribution < -0.4 is 5.32 Å². The number of aromatic amines is 1. The van der Waals surface area contributed by atoms with Crippen LogP contribution in [0.1, 0.15) is 29.4 Å². The lowest BCUT2D eigenvalue weighted by atomic mass is 10.2. The smallest absolute Gasteiger partial charge is 0.270 e. The van der Waals surface area contributed by atoms with Crippen molar-refractivity contribution in [1.29, 1.82) is 0 Å². The Kier molecular flexibility index (Phi) is 5.37. The summed E-state index contributed by atoms with van der Waals surface area (Å²) in [5.74, 6) is -0.361. The summed E-state index contributed by atoms with van der Waals surface area (Å²) in [4.78, 5) is 30.0. The number of carbonyl (C=O) groups excluding carboxylic acids is 2. The Morgan fingerprint density at radius 2 is 1.81 bits per heavy atom. The van der Waals surface area contributed by atoms with E-state index in [1.54, 1.807) is 4.90 Å². The Labute approximate surface area is 153 Å². The van der Waals surface area contributed by atoms with Gasteiger partial charge in [0.25, 0.3) is 5.91 Å². The molecule has 2 aromatic carbocycles. The molecule has 0 saturated carbocycles. The second kappa shape index (κ2) is 7.87. The Morgan fingerprint density at radius 3 is 2.54 bits per heavy atom. The van der Waals surface area contributed by atoms with Crippen molar-refractivity contribution in [2.45, 2.75) is 20.3 Å². The van der Waals surface area contributed by atoms with E-state index in [4.69, 9.17) is 0 Å². The molecular formula is C21H23N3O2. The van der Waals surface area contributed by atoms with Crippen LogP contribution in [0.3, 0.4) is 0 Å². The molecule has 26 heavy (non-hydrogen) atoms. The molecule has 0 atom stereocenters. The quantitative estimate of drug-likeness (QED) is 0.707. The van der Waals surface area contributed by atoms with Crippen molar-refractivity contribution in [3.05, 3.63) is 65.9 Å². The van der Waals surface area contributed by atoms with E-state index < -0.39 is 0 Å². The fourth-order valence-corrected chi connectivity index (χ4v) is 2.96. The highest BCUT2D eigenvalue weighted by molar-refractivity contribution is 6.01. The molecule has 134 valence electrons. The second-order valence-corrected chi connectivity index (χ2v) is 6.36. The first-order valence-corrected chi connectivity index (χ1v) is 8.81. The molecule has 0 spiro atoms. The maximum atomic E-state index is 12.9. The lowest BCUT2D eigenvalue weighted by Crippen LogP contribution is -2.38. The lowest BCUT2D eigenvalue weighted by Gasteiger charge is -2.21. The van der Waals surface area contributed by atoms with E-state index in [1.165, 1.54) is 0 Å². The molecule has 0 radical (unpaired) electrons. The minimum Gasteiger partial charge on any atom is -0.351 e. The summed E-state index contributed by atoms with van der Waals surface area (Å²) in [5, 5.41) is 3.87. The van der Waals surface area contributed by atoms with E-state index in [9.17, 15) is 9.59 Å². The molecule has 0 unspecified atom stereocenters. The summed E-state index contributed by atoms with van der Waals surface area (Å²) in [6.07, 6.45) is 0.781. The van der Waals surface area contributed by atoms with Gasteiger partial charge in [0.2, 0.25) is 5.91 Å². The monoisotopic (exact) mass is 349 g/mol. The van der Waals surface area contributed by atoms with Crippen molar-refractivity contribution >= 4 is 28.4 Å². The first-order chi connectivity index (χ1) is 12.6. The molecular weight excluding hydrogens is 326 g/mol. The number of nitrogens with one attached hydrogen (secondary N) is 2. The number of anilines is 1. The summed E-state index contributed by atoms with van der Waals surface area (Å²) in [5.41, 5.74) is 3.18. The fourth-order valence-electron chi connectivity index (χ4n) is 2.96. The van der Waals surface area contributed by atoms with Crippen LogP contribution in [0, 0.1) is 6.92 Å². The van der Waals surface area contributed by atoms with Crippen LogP contribution in [0.4, 0.5) is 5.69 Å². The Bertz CT molecular complexity index is 897. The number of amides is 2. The summed E-state index contributed by atoms with van der Waals surface area (Å²) in [6, 6.07) is 17.2. The molecule has 0 bridgehead atoms. The Balaban J connectivity index is 1.74. The molecule has 3 rings (SSSR count). The maximum absolute atomic E-state index is 12.9. The molecule has 1 aromatic heterocycles. The van der Waals surface area contributed by atoms with Gasteiger partial charge < -0.3 is 15.2 Å². The van der Waals surface area contributed by atoms with E-state index in [0.29, 0.717) is 12.2 Å². The molecule has 5 nitrogen and oxygen atoms in total. The zero-order valence-corrected chi connectivity index (χ0v) is 15.1. The molecule has 0 fully saturated rings. The molecule has 3 aromatic rings. The van der Waals surface area contributed by atoms with E-state index >= 15 is 0 Å². The SMILES string of the molecule is CCCN(CC(=O)Nc1ccccc1C)C(=O)c1cc2ccccc2[nH]1. The Hall–Kier alpha value is -3.08. The summed E-state index contributed by atoms with van der Waals surface area (Å²) in [7, 11) is 0. The highest BCUT2D eigenvalue weighted by Gasteiger charge is 2.20. The van der Waals surface area contributed by atoms with Crippen LogP contribution in [0.2, 0.25) is 0 Å². The molecule has 1 heterocycles. The summed E-state index contributed by atoms with van der Waals surface area (Å²) >= 11 is 0. The normalized spacial score (nSPS) is 10.7. The third-order valence-electron chi connectivity index (χ3n) is 4.29. The van der Waals surface area contributed by atoms with Gasteiger partial charge in [-0.15, -0.1) is 0 Å².